The van der Waals surface area contributed by atoms with E-state index in [1.807, 2.05) is 11.8 Å². The molecule has 78 valence electrons. The van der Waals surface area contributed by atoms with Crippen LogP contribution in [-0.2, 0) is 4.74 Å². The van der Waals surface area contributed by atoms with Crippen LogP contribution >= 0.6 is 11.8 Å². The topological polar surface area (TPSA) is 29.5 Å². The SMILES string of the molecule is COC(C)(C)CCC1(O)CCSC1. The van der Waals surface area contributed by atoms with Gasteiger partial charge in [0.15, 0.2) is 0 Å². The Hall–Kier alpha value is 0.270. The third-order valence-electron chi connectivity index (χ3n) is 2.83. The second-order valence-corrected chi connectivity index (χ2v) is 5.60. The summed E-state index contributed by atoms with van der Waals surface area (Å²) < 4.78 is 5.32. The summed E-state index contributed by atoms with van der Waals surface area (Å²) in [7, 11) is 1.73. The van der Waals surface area contributed by atoms with Gasteiger partial charge in [-0.15, -0.1) is 0 Å². The lowest BCUT2D eigenvalue weighted by atomic mass is 9.91. The zero-order chi connectivity index (χ0) is 9.95. The van der Waals surface area contributed by atoms with Gasteiger partial charge in [-0.25, -0.2) is 0 Å². The third kappa shape index (κ3) is 3.49. The Morgan fingerprint density at radius 2 is 2.23 bits per heavy atom. The first-order chi connectivity index (χ1) is 5.97. The summed E-state index contributed by atoms with van der Waals surface area (Å²) in [5.41, 5.74) is -0.510. The van der Waals surface area contributed by atoms with Gasteiger partial charge in [-0.2, -0.15) is 11.8 Å². The molecule has 0 bridgehead atoms. The fourth-order valence-electron chi connectivity index (χ4n) is 1.43. The zero-order valence-corrected chi connectivity index (χ0v) is 9.62. The maximum atomic E-state index is 10.1. The van der Waals surface area contributed by atoms with Crippen molar-refractivity contribution in [1.29, 1.82) is 0 Å². The number of rotatable bonds is 4. The van der Waals surface area contributed by atoms with E-state index < -0.39 is 5.60 Å². The van der Waals surface area contributed by atoms with Gasteiger partial charge in [-0.1, -0.05) is 0 Å². The molecule has 1 heterocycles. The highest BCUT2D eigenvalue weighted by Gasteiger charge is 2.33. The highest BCUT2D eigenvalue weighted by Crippen LogP contribution is 2.33. The predicted molar refractivity (Wildman–Crippen MR) is 57.2 cm³/mol. The minimum Gasteiger partial charge on any atom is -0.389 e. The Morgan fingerprint density at radius 3 is 2.69 bits per heavy atom. The minimum atomic E-state index is -0.416. The van der Waals surface area contributed by atoms with Crippen molar-refractivity contribution in [3.63, 3.8) is 0 Å². The highest BCUT2D eigenvalue weighted by atomic mass is 32.2. The van der Waals surface area contributed by atoms with Crippen LogP contribution in [0.25, 0.3) is 0 Å². The standard InChI is InChI=1S/C10H20O2S/c1-9(2,12-3)4-5-10(11)6-7-13-8-10/h11H,4-8H2,1-3H3. The van der Waals surface area contributed by atoms with E-state index in [1.54, 1.807) is 7.11 Å². The van der Waals surface area contributed by atoms with Crippen molar-refractivity contribution in [3.05, 3.63) is 0 Å². The Balaban J connectivity index is 2.32. The van der Waals surface area contributed by atoms with Crippen LogP contribution in [0.2, 0.25) is 0 Å². The lowest BCUT2D eigenvalue weighted by Gasteiger charge is -2.28. The monoisotopic (exact) mass is 204 g/mol. The summed E-state index contributed by atoms with van der Waals surface area (Å²) in [5.74, 6) is 2.00. The van der Waals surface area contributed by atoms with Crippen molar-refractivity contribution in [2.24, 2.45) is 0 Å². The van der Waals surface area contributed by atoms with E-state index in [1.165, 1.54) is 0 Å². The van der Waals surface area contributed by atoms with Gasteiger partial charge in [0, 0.05) is 12.9 Å². The molecule has 1 saturated heterocycles. The summed E-state index contributed by atoms with van der Waals surface area (Å²) in [6.45, 7) is 4.14. The molecule has 0 aromatic carbocycles. The van der Waals surface area contributed by atoms with E-state index in [2.05, 4.69) is 13.8 Å². The molecule has 2 nitrogen and oxygen atoms in total. The van der Waals surface area contributed by atoms with E-state index >= 15 is 0 Å². The van der Waals surface area contributed by atoms with E-state index in [0.29, 0.717) is 0 Å². The number of thioether (sulfide) groups is 1. The van der Waals surface area contributed by atoms with Gasteiger partial charge < -0.3 is 9.84 Å². The molecule has 0 aromatic heterocycles. The van der Waals surface area contributed by atoms with Gasteiger partial charge in [0.25, 0.3) is 0 Å². The van der Waals surface area contributed by atoms with Crippen LogP contribution < -0.4 is 0 Å². The fourth-order valence-corrected chi connectivity index (χ4v) is 2.77. The van der Waals surface area contributed by atoms with Crippen molar-refractivity contribution in [2.45, 2.75) is 44.3 Å². The zero-order valence-electron chi connectivity index (χ0n) is 8.80. The van der Waals surface area contributed by atoms with E-state index in [9.17, 15) is 5.11 Å². The summed E-state index contributed by atoms with van der Waals surface area (Å²) >= 11 is 1.85. The van der Waals surface area contributed by atoms with Crippen molar-refractivity contribution in [2.75, 3.05) is 18.6 Å². The molecule has 1 unspecified atom stereocenters. The summed E-state index contributed by atoms with van der Waals surface area (Å²) in [5, 5.41) is 10.1. The lowest BCUT2D eigenvalue weighted by Crippen LogP contribution is -2.32. The van der Waals surface area contributed by atoms with Crippen molar-refractivity contribution in [1.82, 2.24) is 0 Å². The van der Waals surface area contributed by atoms with Crippen LogP contribution in [0.15, 0.2) is 0 Å². The molecule has 0 saturated carbocycles. The molecule has 0 radical (unpaired) electrons. The molecule has 1 aliphatic rings. The van der Waals surface area contributed by atoms with E-state index in [0.717, 1.165) is 30.8 Å². The maximum Gasteiger partial charge on any atom is 0.0746 e. The highest BCUT2D eigenvalue weighted by molar-refractivity contribution is 7.99. The molecular weight excluding hydrogens is 184 g/mol. The quantitative estimate of drug-likeness (QED) is 0.760. The van der Waals surface area contributed by atoms with Crippen LogP contribution in [0.3, 0.4) is 0 Å². The minimum absolute atomic E-state index is 0.0943. The predicted octanol–water partition coefficient (Wildman–Crippen LogP) is 2.06. The van der Waals surface area contributed by atoms with Crippen LogP contribution in [-0.4, -0.2) is 34.9 Å². The van der Waals surface area contributed by atoms with Gasteiger partial charge in [0.2, 0.25) is 0 Å². The van der Waals surface area contributed by atoms with E-state index in [-0.39, 0.29) is 5.60 Å². The molecule has 0 amide bonds. The van der Waals surface area contributed by atoms with Crippen molar-refractivity contribution < 1.29 is 9.84 Å². The van der Waals surface area contributed by atoms with Gasteiger partial charge in [-0.3, -0.25) is 0 Å². The van der Waals surface area contributed by atoms with Gasteiger partial charge in [-0.05, 0) is 38.9 Å². The van der Waals surface area contributed by atoms with Crippen LogP contribution in [0.5, 0.6) is 0 Å². The largest absolute Gasteiger partial charge is 0.389 e. The molecule has 13 heavy (non-hydrogen) atoms. The molecule has 1 aliphatic heterocycles. The Labute approximate surface area is 85.0 Å². The summed E-state index contributed by atoms with van der Waals surface area (Å²) in [4.78, 5) is 0. The molecule has 1 rings (SSSR count). The van der Waals surface area contributed by atoms with Gasteiger partial charge in [0.1, 0.15) is 0 Å². The van der Waals surface area contributed by atoms with Crippen molar-refractivity contribution >= 4 is 11.8 Å². The fraction of sp³-hybridized carbons (Fsp3) is 1.00. The summed E-state index contributed by atoms with van der Waals surface area (Å²) in [6, 6.07) is 0. The van der Waals surface area contributed by atoms with Crippen LogP contribution in [0.4, 0.5) is 0 Å². The second-order valence-electron chi connectivity index (χ2n) is 4.49. The smallest absolute Gasteiger partial charge is 0.0746 e. The Morgan fingerprint density at radius 1 is 1.54 bits per heavy atom. The molecule has 1 N–H and O–H groups in total. The number of aliphatic hydroxyl groups is 1. The Kier molecular flexibility index (Phi) is 3.66. The number of hydrogen-bond donors (Lipinski definition) is 1. The average Bonchev–Trinajstić information content (AvgIpc) is 2.50. The number of methoxy groups -OCH3 is 1. The number of ether oxygens (including phenoxy) is 1. The third-order valence-corrected chi connectivity index (χ3v) is 4.06. The molecular formula is C10H20O2S. The summed E-state index contributed by atoms with van der Waals surface area (Å²) in [6.07, 6.45) is 2.73. The molecule has 3 heteroatoms. The maximum absolute atomic E-state index is 10.1. The molecule has 0 aromatic rings. The number of hydrogen-bond acceptors (Lipinski definition) is 3. The first-order valence-electron chi connectivity index (χ1n) is 4.83. The Bertz CT molecular complexity index is 162. The molecule has 1 atom stereocenters. The van der Waals surface area contributed by atoms with Crippen LogP contribution in [0, 0.1) is 0 Å². The first-order valence-corrected chi connectivity index (χ1v) is 5.98. The van der Waals surface area contributed by atoms with Gasteiger partial charge in [0.05, 0.1) is 11.2 Å². The van der Waals surface area contributed by atoms with Crippen molar-refractivity contribution in [3.8, 4) is 0 Å². The molecule has 0 aliphatic carbocycles. The molecule has 1 fully saturated rings. The molecule has 0 spiro atoms. The lowest BCUT2D eigenvalue weighted by molar-refractivity contribution is -0.0164. The van der Waals surface area contributed by atoms with Crippen LogP contribution in [0.1, 0.15) is 33.1 Å². The van der Waals surface area contributed by atoms with E-state index in [4.69, 9.17) is 4.74 Å². The normalized spacial score (nSPS) is 29.5. The first kappa shape index (κ1) is 11.3. The second kappa shape index (κ2) is 4.20. The average molecular weight is 204 g/mol. The van der Waals surface area contributed by atoms with Gasteiger partial charge >= 0.3 is 0 Å².